The van der Waals surface area contributed by atoms with Gasteiger partial charge in [-0.1, -0.05) is 59.4 Å². The van der Waals surface area contributed by atoms with E-state index in [0.717, 1.165) is 11.1 Å². The van der Waals surface area contributed by atoms with E-state index in [-0.39, 0.29) is 12.2 Å². The van der Waals surface area contributed by atoms with Crippen LogP contribution in [0.2, 0.25) is 0 Å². The fraction of sp³-hybridized carbons (Fsp3) is 0.200. The number of methoxy groups -OCH3 is 1. The van der Waals surface area contributed by atoms with Crippen LogP contribution in [-0.4, -0.2) is 43.0 Å². The molecule has 3 aromatic carbocycles. The third-order valence-corrected chi connectivity index (χ3v) is 6.44. The molecule has 0 aliphatic heterocycles. The zero-order valence-electron chi connectivity index (χ0n) is 22.3. The fourth-order valence-corrected chi connectivity index (χ4v) is 4.35. The number of benzene rings is 3. The minimum Gasteiger partial charge on any atom is -0.493 e. The van der Waals surface area contributed by atoms with E-state index in [9.17, 15) is 10.1 Å². The Labute approximate surface area is 236 Å². The third-order valence-electron chi connectivity index (χ3n) is 5.56. The highest BCUT2D eigenvalue weighted by molar-refractivity contribution is 7.18. The van der Waals surface area contributed by atoms with Gasteiger partial charge in [0, 0.05) is 5.56 Å². The largest absolute Gasteiger partial charge is 0.493 e. The number of nitriles is 1. The van der Waals surface area contributed by atoms with Gasteiger partial charge >= 0.3 is 0 Å². The van der Waals surface area contributed by atoms with Crippen molar-refractivity contribution in [1.82, 2.24) is 10.2 Å². The Hall–Kier alpha value is -4.88. The van der Waals surface area contributed by atoms with Crippen molar-refractivity contribution in [2.24, 2.45) is 0 Å². The Morgan fingerprint density at radius 3 is 2.33 bits per heavy atom. The van der Waals surface area contributed by atoms with Crippen molar-refractivity contribution in [2.75, 3.05) is 32.2 Å². The molecule has 4 aromatic rings. The molecule has 1 aromatic heterocycles. The van der Waals surface area contributed by atoms with Crippen LogP contribution in [0.15, 0.2) is 72.3 Å². The molecule has 0 saturated heterocycles. The van der Waals surface area contributed by atoms with Crippen molar-refractivity contribution in [3.8, 4) is 39.6 Å². The molecule has 1 amide bonds. The van der Waals surface area contributed by atoms with E-state index in [1.807, 2.05) is 68.4 Å². The maximum atomic E-state index is 12.8. The van der Waals surface area contributed by atoms with Crippen molar-refractivity contribution in [3.63, 3.8) is 0 Å². The van der Waals surface area contributed by atoms with Crippen LogP contribution in [-0.2, 0) is 4.79 Å². The van der Waals surface area contributed by atoms with E-state index in [4.69, 9.17) is 18.9 Å². The van der Waals surface area contributed by atoms with E-state index in [0.29, 0.717) is 51.9 Å². The van der Waals surface area contributed by atoms with Crippen molar-refractivity contribution in [3.05, 3.63) is 83.4 Å². The van der Waals surface area contributed by atoms with Gasteiger partial charge in [-0.3, -0.25) is 10.1 Å². The Balaban J connectivity index is 1.40. The number of nitrogens with zero attached hydrogens (tertiary/aromatic N) is 3. The van der Waals surface area contributed by atoms with Crippen molar-refractivity contribution in [2.45, 2.75) is 13.8 Å². The molecule has 0 fully saturated rings. The Bertz CT molecular complexity index is 1530. The van der Waals surface area contributed by atoms with Gasteiger partial charge in [0.25, 0.3) is 5.91 Å². The summed E-state index contributed by atoms with van der Waals surface area (Å²) in [5.74, 6) is 1.69. The van der Waals surface area contributed by atoms with Crippen molar-refractivity contribution < 1.29 is 23.7 Å². The Morgan fingerprint density at radius 1 is 0.950 bits per heavy atom. The summed E-state index contributed by atoms with van der Waals surface area (Å²) in [4.78, 5) is 12.8. The van der Waals surface area contributed by atoms with Gasteiger partial charge in [-0.05, 0) is 49.8 Å². The number of para-hydroxylation sites is 2. The number of hydrogen-bond acceptors (Lipinski definition) is 9. The summed E-state index contributed by atoms with van der Waals surface area (Å²) in [6.45, 7) is 4.84. The zero-order valence-corrected chi connectivity index (χ0v) is 23.2. The highest BCUT2D eigenvalue weighted by Crippen LogP contribution is 2.31. The number of rotatable bonds is 12. The van der Waals surface area contributed by atoms with Crippen molar-refractivity contribution in [1.29, 1.82) is 5.26 Å². The predicted molar refractivity (Wildman–Crippen MR) is 154 cm³/mol. The zero-order chi connectivity index (χ0) is 28.3. The van der Waals surface area contributed by atoms with Crippen LogP contribution in [0, 0.1) is 18.3 Å². The average Bonchev–Trinajstić information content (AvgIpc) is 3.43. The highest BCUT2D eigenvalue weighted by Gasteiger charge is 2.15. The lowest BCUT2D eigenvalue weighted by Crippen LogP contribution is -2.13. The van der Waals surface area contributed by atoms with E-state index >= 15 is 0 Å². The van der Waals surface area contributed by atoms with E-state index in [2.05, 4.69) is 15.5 Å². The molecule has 0 bridgehead atoms. The summed E-state index contributed by atoms with van der Waals surface area (Å²) in [6, 6.07) is 22.4. The summed E-state index contributed by atoms with van der Waals surface area (Å²) in [5.41, 5.74) is 2.55. The van der Waals surface area contributed by atoms with Gasteiger partial charge in [0.1, 0.15) is 29.9 Å². The van der Waals surface area contributed by atoms with E-state index < -0.39 is 5.91 Å². The second-order valence-electron chi connectivity index (χ2n) is 8.39. The molecule has 9 nitrogen and oxygen atoms in total. The lowest BCUT2D eigenvalue weighted by molar-refractivity contribution is -0.112. The van der Waals surface area contributed by atoms with Gasteiger partial charge in [0.15, 0.2) is 23.0 Å². The second kappa shape index (κ2) is 13.8. The van der Waals surface area contributed by atoms with Gasteiger partial charge in [-0.15, -0.1) is 10.2 Å². The topological polar surface area (TPSA) is 116 Å². The van der Waals surface area contributed by atoms with E-state index in [1.54, 1.807) is 25.3 Å². The van der Waals surface area contributed by atoms with Crippen LogP contribution >= 0.6 is 11.3 Å². The van der Waals surface area contributed by atoms with Crippen LogP contribution < -0.4 is 24.3 Å². The summed E-state index contributed by atoms with van der Waals surface area (Å²) in [7, 11) is 1.59. The number of hydrogen-bond donors (Lipinski definition) is 1. The molecule has 0 saturated carbocycles. The number of aryl methyl sites for hydroxylation is 1. The minimum absolute atomic E-state index is 0.0894. The molecule has 0 aliphatic rings. The molecular formula is C30H28N4O5S. The molecule has 1 heterocycles. The first kappa shape index (κ1) is 28.1. The van der Waals surface area contributed by atoms with E-state index in [1.165, 1.54) is 17.4 Å². The quantitative estimate of drug-likeness (QED) is 0.130. The third kappa shape index (κ3) is 7.36. The van der Waals surface area contributed by atoms with Crippen LogP contribution in [0.1, 0.15) is 18.1 Å². The molecule has 0 radical (unpaired) electrons. The highest BCUT2D eigenvalue weighted by atomic mass is 32.1. The number of amides is 1. The van der Waals surface area contributed by atoms with Crippen molar-refractivity contribution >= 4 is 28.5 Å². The number of carbonyl (C=O) groups excluding carboxylic acids is 1. The maximum Gasteiger partial charge on any atom is 0.268 e. The number of ether oxygens (including phenoxy) is 4. The number of nitrogens with one attached hydrogen (secondary N) is 1. The summed E-state index contributed by atoms with van der Waals surface area (Å²) < 4.78 is 22.7. The molecule has 204 valence electrons. The summed E-state index contributed by atoms with van der Waals surface area (Å²) >= 11 is 1.23. The number of aromatic nitrogens is 2. The predicted octanol–water partition coefficient (Wildman–Crippen LogP) is 5.92. The first-order valence-electron chi connectivity index (χ1n) is 12.5. The molecular weight excluding hydrogens is 528 g/mol. The Kier molecular flexibility index (Phi) is 9.69. The summed E-state index contributed by atoms with van der Waals surface area (Å²) in [6.07, 6.45) is 1.48. The molecule has 4 rings (SSSR count). The second-order valence-corrected chi connectivity index (χ2v) is 9.37. The minimum atomic E-state index is -0.583. The number of carbonyl (C=O) groups is 1. The molecule has 0 atom stereocenters. The van der Waals surface area contributed by atoms with Crippen LogP contribution in [0.5, 0.6) is 23.0 Å². The number of anilines is 1. The smallest absolute Gasteiger partial charge is 0.268 e. The lowest BCUT2D eigenvalue weighted by atomic mass is 10.1. The standard InChI is InChI=1S/C30H28N4O5S/c1-4-37-27-18-21(11-14-26(27)39-16-15-38-25-8-6-5-7-24(25)36-3)17-23(19-31)28(35)32-30-34-33-29(40-30)22-12-9-20(2)10-13-22/h5-14,17-18H,4,15-16H2,1-3H3,(H,32,34,35)/b23-17-. The Morgan fingerprint density at radius 2 is 1.65 bits per heavy atom. The fourth-order valence-electron chi connectivity index (χ4n) is 3.61. The first-order valence-corrected chi connectivity index (χ1v) is 13.3. The first-order chi connectivity index (χ1) is 19.5. The molecule has 1 N–H and O–H groups in total. The molecule has 0 unspecified atom stereocenters. The van der Waals surface area contributed by atoms with Crippen LogP contribution in [0.3, 0.4) is 0 Å². The van der Waals surface area contributed by atoms with Gasteiger partial charge < -0.3 is 18.9 Å². The molecule has 0 spiro atoms. The van der Waals surface area contributed by atoms with Crippen LogP contribution in [0.25, 0.3) is 16.6 Å². The molecule has 10 heteroatoms. The normalized spacial score (nSPS) is 10.9. The lowest BCUT2D eigenvalue weighted by Gasteiger charge is -2.14. The monoisotopic (exact) mass is 556 g/mol. The SMILES string of the molecule is CCOc1cc(/C=C(/C#N)C(=O)Nc2nnc(-c3ccc(C)cc3)s2)ccc1OCCOc1ccccc1OC. The van der Waals surface area contributed by atoms with Gasteiger partial charge in [0.2, 0.25) is 5.13 Å². The van der Waals surface area contributed by atoms with Gasteiger partial charge in [0.05, 0.1) is 13.7 Å². The van der Waals surface area contributed by atoms with Gasteiger partial charge in [-0.25, -0.2) is 0 Å². The summed E-state index contributed by atoms with van der Waals surface area (Å²) in [5, 5.41) is 21.5. The van der Waals surface area contributed by atoms with Crippen LogP contribution in [0.4, 0.5) is 5.13 Å². The average molecular weight is 557 g/mol. The molecule has 0 aliphatic carbocycles. The maximum absolute atomic E-state index is 12.8. The molecule has 40 heavy (non-hydrogen) atoms. The van der Waals surface area contributed by atoms with Gasteiger partial charge in [-0.2, -0.15) is 5.26 Å².